The van der Waals surface area contributed by atoms with Gasteiger partial charge in [-0.15, -0.1) is 0 Å². The number of halogens is 1. The third kappa shape index (κ3) is 3.06. The van der Waals surface area contributed by atoms with Gasteiger partial charge in [-0.3, -0.25) is 4.68 Å². The van der Waals surface area contributed by atoms with E-state index in [1.807, 2.05) is 16.8 Å². The Bertz CT molecular complexity index is 594. The van der Waals surface area contributed by atoms with Gasteiger partial charge in [0.25, 0.3) is 0 Å². The van der Waals surface area contributed by atoms with Crippen molar-refractivity contribution in [3.63, 3.8) is 0 Å². The lowest BCUT2D eigenvalue weighted by Gasteiger charge is -2.18. The first-order chi connectivity index (χ1) is 9.32. The summed E-state index contributed by atoms with van der Waals surface area (Å²) in [6.07, 6.45) is 0. The summed E-state index contributed by atoms with van der Waals surface area (Å²) in [6.45, 7) is 9.52. The molecule has 0 atom stereocenters. The van der Waals surface area contributed by atoms with Crippen molar-refractivity contribution < 1.29 is 4.74 Å². The molecule has 0 fully saturated rings. The summed E-state index contributed by atoms with van der Waals surface area (Å²) < 4.78 is 8.17. The molecule has 0 amide bonds. The van der Waals surface area contributed by atoms with Crippen molar-refractivity contribution >= 4 is 15.9 Å². The Morgan fingerprint density at radius 2 is 1.80 bits per heavy atom. The largest absolute Gasteiger partial charge is 0.497 e. The fourth-order valence-corrected chi connectivity index (χ4v) is 3.49. The molecule has 3 nitrogen and oxygen atoms in total. The van der Waals surface area contributed by atoms with Gasteiger partial charge < -0.3 is 4.74 Å². The Balaban J connectivity index is 2.30. The Morgan fingerprint density at radius 1 is 1.20 bits per heavy atom. The van der Waals surface area contributed by atoms with Gasteiger partial charge in [0.2, 0.25) is 0 Å². The van der Waals surface area contributed by atoms with Crippen molar-refractivity contribution in [3.8, 4) is 5.75 Å². The van der Waals surface area contributed by atoms with Crippen LogP contribution in [0.1, 0.15) is 37.6 Å². The van der Waals surface area contributed by atoms with Crippen LogP contribution in [-0.4, -0.2) is 16.9 Å². The third-order valence-electron chi connectivity index (χ3n) is 3.41. The van der Waals surface area contributed by atoms with Crippen LogP contribution >= 0.6 is 15.9 Å². The molecule has 0 aliphatic heterocycles. The van der Waals surface area contributed by atoms with E-state index in [-0.39, 0.29) is 5.41 Å². The van der Waals surface area contributed by atoms with Crippen LogP contribution in [-0.2, 0) is 12.0 Å². The zero-order valence-electron chi connectivity index (χ0n) is 12.7. The maximum atomic E-state index is 5.18. The highest BCUT2D eigenvalue weighted by Gasteiger charge is 2.24. The van der Waals surface area contributed by atoms with E-state index in [9.17, 15) is 0 Å². The normalized spacial score (nSPS) is 11.7. The van der Waals surface area contributed by atoms with Crippen LogP contribution in [0.2, 0.25) is 0 Å². The first kappa shape index (κ1) is 15.1. The molecular formula is C16H21BrN2O. The average molecular weight is 337 g/mol. The minimum Gasteiger partial charge on any atom is -0.497 e. The summed E-state index contributed by atoms with van der Waals surface area (Å²) in [6, 6.07) is 8.11. The highest BCUT2D eigenvalue weighted by Crippen LogP contribution is 2.32. The summed E-state index contributed by atoms with van der Waals surface area (Å²) in [7, 11) is 1.68. The number of hydrogen-bond acceptors (Lipinski definition) is 2. The molecule has 0 saturated heterocycles. The van der Waals surface area contributed by atoms with Crippen molar-refractivity contribution in [1.82, 2.24) is 9.78 Å². The molecule has 2 aromatic rings. The van der Waals surface area contributed by atoms with E-state index in [0.29, 0.717) is 0 Å². The molecule has 0 saturated carbocycles. The summed E-state index contributed by atoms with van der Waals surface area (Å²) >= 11 is 3.59. The highest BCUT2D eigenvalue weighted by molar-refractivity contribution is 9.10. The van der Waals surface area contributed by atoms with Crippen LogP contribution < -0.4 is 4.74 Å². The molecule has 1 heterocycles. The number of nitrogens with zero attached hydrogens (tertiary/aromatic N) is 2. The number of aromatic nitrogens is 2. The lowest BCUT2D eigenvalue weighted by atomic mass is 9.87. The Kier molecular flexibility index (Phi) is 4.23. The van der Waals surface area contributed by atoms with Gasteiger partial charge in [0, 0.05) is 11.3 Å². The molecule has 0 spiro atoms. The van der Waals surface area contributed by atoms with Gasteiger partial charge in [0.1, 0.15) is 10.4 Å². The Morgan fingerprint density at radius 3 is 2.25 bits per heavy atom. The molecule has 108 valence electrons. The molecule has 4 heteroatoms. The van der Waals surface area contributed by atoms with E-state index in [4.69, 9.17) is 4.74 Å². The van der Waals surface area contributed by atoms with Crippen LogP contribution in [0.5, 0.6) is 5.75 Å². The van der Waals surface area contributed by atoms with Crippen molar-refractivity contribution in [2.75, 3.05) is 7.11 Å². The van der Waals surface area contributed by atoms with Gasteiger partial charge in [-0.2, -0.15) is 5.10 Å². The van der Waals surface area contributed by atoms with Crippen molar-refractivity contribution in [2.24, 2.45) is 0 Å². The molecule has 1 aromatic heterocycles. The van der Waals surface area contributed by atoms with Gasteiger partial charge in [0.05, 0.1) is 13.7 Å². The molecule has 0 unspecified atom stereocenters. The van der Waals surface area contributed by atoms with E-state index in [1.165, 1.54) is 16.8 Å². The number of hydrogen-bond donors (Lipinski definition) is 0. The second kappa shape index (κ2) is 5.60. The predicted octanol–water partition coefficient (Wildman–Crippen LogP) is 4.31. The van der Waals surface area contributed by atoms with Crippen LogP contribution in [0.25, 0.3) is 0 Å². The second-order valence-electron chi connectivity index (χ2n) is 6.01. The maximum absolute atomic E-state index is 5.18. The first-order valence-electron chi connectivity index (χ1n) is 6.69. The summed E-state index contributed by atoms with van der Waals surface area (Å²) in [5.74, 6) is 0.877. The monoisotopic (exact) mass is 336 g/mol. The molecule has 0 radical (unpaired) electrons. The van der Waals surface area contributed by atoms with Crippen molar-refractivity contribution in [2.45, 2.75) is 39.7 Å². The summed E-state index contributed by atoms with van der Waals surface area (Å²) in [5, 5.41) is 4.62. The molecule has 1 aromatic carbocycles. The standard InChI is InChI=1S/C16H21BrN2O/c1-11-14(16(2,3)4)15(17)18-19(11)10-12-6-8-13(20-5)9-7-12/h6-9H,10H2,1-5H3. The van der Waals surface area contributed by atoms with Crippen LogP contribution in [0.3, 0.4) is 0 Å². The van der Waals surface area contributed by atoms with Crippen molar-refractivity contribution in [3.05, 3.63) is 45.7 Å². The van der Waals surface area contributed by atoms with E-state index < -0.39 is 0 Å². The number of benzene rings is 1. The first-order valence-corrected chi connectivity index (χ1v) is 7.48. The fraction of sp³-hybridized carbons (Fsp3) is 0.438. The van der Waals surface area contributed by atoms with Crippen molar-refractivity contribution in [1.29, 1.82) is 0 Å². The van der Waals surface area contributed by atoms with Gasteiger partial charge in [-0.25, -0.2) is 0 Å². The van der Waals surface area contributed by atoms with Crippen LogP contribution in [0, 0.1) is 6.92 Å². The van der Waals surface area contributed by atoms with Gasteiger partial charge in [0.15, 0.2) is 0 Å². The quantitative estimate of drug-likeness (QED) is 0.835. The van der Waals surface area contributed by atoms with Gasteiger partial charge in [-0.1, -0.05) is 32.9 Å². The molecule has 0 aliphatic carbocycles. The van der Waals surface area contributed by atoms with E-state index in [0.717, 1.165) is 16.9 Å². The van der Waals surface area contributed by atoms with E-state index >= 15 is 0 Å². The Labute approximate surface area is 129 Å². The second-order valence-corrected chi connectivity index (χ2v) is 6.76. The average Bonchev–Trinajstić information content (AvgIpc) is 2.64. The molecule has 20 heavy (non-hydrogen) atoms. The predicted molar refractivity (Wildman–Crippen MR) is 85.5 cm³/mol. The summed E-state index contributed by atoms with van der Waals surface area (Å²) in [5.41, 5.74) is 3.77. The highest BCUT2D eigenvalue weighted by atomic mass is 79.9. The van der Waals surface area contributed by atoms with Crippen LogP contribution in [0.4, 0.5) is 0 Å². The van der Waals surface area contributed by atoms with Gasteiger partial charge in [-0.05, 0) is 46.0 Å². The number of rotatable bonds is 3. The number of methoxy groups -OCH3 is 1. The summed E-state index contributed by atoms with van der Waals surface area (Å²) in [4.78, 5) is 0. The zero-order chi connectivity index (χ0) is 14.9. The molecule has 0 aliphatic rings. The minimum absolute atomic E-state index is 0.0844. The number of ether oxygens (including phenoxy) is 1. The minimum atomic E-state index is 0.0844. The molecular weight excluding hydrogens is 316 g/mol. The smallest absolute Gasteiger partial charge is 0.132 e. The zero-order valence-corrected chi connectivity index (χ0v) is 14.3. The molecule has 0 N–H and O–H groups in total. The Hall–Kier alpha value is -1.29. The molecule has 0 bridgehead atoms. The topological polar surface area (TPSA) is 27.1 Å². The van der Waals surface area contributed by atoms with Gasteiger partial charge >= 0.3 is 0 Å². The van der Waals surface area contributed by atoms with E-state index in [2.05, 4.69) is 60.9 Å². The van der Waals surface area contributed by atoms with Crippen LogP contribution in [0.15, 0.2) is 28.9 Å². The van der Waals surface area contributed by atoms with E-state index in [1.54, 1.807) is 7.11 Å². The SMILES string of the molecule is COc1ccc(Cn2nc(Br)c(C(C)(C)C)c2C)cc1. The lowest BCUT2D eigenvalue weighted by molar-refractivity contribution is 0.414. The third-order valence-corrected chi connectivity index (χ3v) is 3.96. The lowest BCUT2D eigenvalue weighted by Crippen LogP contribution is -2.13. The fourth-order valence-electron chi connectivity index (χ4n) is 2.42. The molecule has 2 rings (SSSR count). The maximum Gasteiger partial charge on any atom is 0.132 e.